The number of thiophene rings is 1. The van der Waals surface area contributed by atoms with Crippen LogP contribution in [-0.4, -0.2) is 30.2 Å². The van der Waals surface area contributed by atoms with E-state index in [-0.39, 0.29) is 5.56 Å². The number of aryl methyl sites for hydroxylation is 1. The van der Waals surface area contributed by atoms with Crippen molar-refractivity contribution in [2.45, 2.75) is 6.92 Å². The number of benzene rings is 1. The van der Waals surface area contributed by atoms with Crippen molar-refractivity contribution in [1.29, 1.82) is 0 Å². The van der Waals surface area contributed by atoms with Crippen LogP contribution in [0.5, 0.6) is 5.75 Å². The molecule has 7 heteroatoms. The molecule has 0 saturated carbocycles. The smallest absolute Gasteiger partial charge is 0.348 e. The Bertz CT molecular complexity index is 941. The molecule has 23 heavy (non-hydrogen) atoms. The number of H-pyrrole nitrogens is 1. The van der Waals surface area contributed by atoms with E-state index in [0.717, 1.165) is 22.6 Å². The normalized spacial score (nSPS) is 10.7. The minimum atomic E-state index is -0.462. The molecule has 118 valence electrons. The fraction of sp³-hybridized carbons (Fsp3) is 0.188. The number of aromatic nitrogens is 2. The number of aromatic amines is 1. The second-order valence-electron chi connectivity index (χ2n) is 4.87. The van der Waals surface area contributed by atoms with Crippen LogP contribution in [0, 0.1) is 6.92 Å². The summed E-state index contributed by atoms with van der Waals surface area (Å²) in [5.74, 6) is 0.704. The lowest BCUT2D eigenvalue weighted by atomic mass is 10.2. The topological polar surface area (TPSA) is 81.3 Å². The van der Waals surface area contributed by atoms with Gasteiger partial charge in [-0.25, -0.2) is 9.78 Å². The maximum Gasteiger partial charge on any atom is 0.348 e. The third-order valence-electron chi connectivity index (χ3n) is 3.53. The van der Waals surface area contributed by atoms with E-state index in [4.69, 9.17) is 9.47 Å². The van der Waals surface area contributed by atoms with E-state index in [0.29, 0.717) is 26.5 Å². The largest absolute Gasteiger partial charge is 0.497 e. The highest BCUT2D eigenvalue weighted by Crippen LogP contribution is 2.29. The lowest BCUT2D eigenvalue weighted by Crippen LogP contribution is -2.09. The van der Waals surface area contributed by atoms with Crippen molar-refractivity contribution in [1.82, 2.24) is 9.97 Å². The number of esters is 1. The predicted octanol–water partition coefficient (Wildman–Crippen LogP) is 2.76. The minimum absolute atomic E-state index is 0.273. The SMILES string of the molecule is COC(=O)c1sc2nc(-c3ccc(OC)cc3)[nH]c(=O)c2c1C. The first kappa shape index (κ1) is 15.2. The Hall–Kier alpha value is -2.67. The van der Waals surface area contributed by atoms with Gasteiger partial charge in [-0.05, 0) is 36.8 Å². The lowest BCUT2D eigenvalue weighted by molar-refractivity contribution is 0.0605. The van der Waals surface area contributed by atoms with Gasteiger partial charge in [0.15, 0.2) is 0 Å². The van der Waals surface area contributed by atoms with E-state index in [1.807, 2.05) is 12.1 Å². The molecular weight excluding hydrogens is 316 g/mol. The second-order valence-corrected chi connectivity index (χ2v) is 5.87. The van der Waals surface area contributed by atoms with Crippen molar-refractivity contribution in [2.75, 3.05) is 14.2 Å². The van der Waals surface area contributed by atoms with Gasteiger partial charge in [0, 0.05) is 5.56 Å². The molecule has 0 radical (unpaired) electrons. The molecule has 0 aliphatic heterocycles. The number of hydrogen-bond donors (Lipinski definition) is 1. The Labute approximate surface area is 135 Å². The summed E-state index contributed by atoms with van der Waals surface area (Å²) in [4.78, 5) is 32.3. The van der Waals surface area contributed by atoms with Gasteiger partial charge in [-0.2, -0.15) is 0 Å². The number of fused-ring (bicyclic) bond motifs is 1. The van der Waals surface area contributed by atoms with Crippen LogP contribution in [0.1, 0.15) is 15.2 Å². The number of hydrogen-bond acceptors (Lipinski definition) is 6. The number of carbonyl (C=O) groups excluding carboxylic acids is 1. The third kappa shape index (κ3) is 2.59. The summed E-state index contributed by atoms with van der Waals surface area (Å²) in [5.41, 5.74) is 1.08. The molecule has 2 heterocycles. The molecular formula is C16H14N2O4S. The molecule has 0 bridgehead atoms. The number of nitrogens with one attached hydrogen (secondary N) is 1. The first-order chi connectivity index (χ1) is 11.0. The number of carbonyl (C=O) groups is 1. The molecule has 6 nitrogen and oxygen atoms in total. The van der Waals surface area contributed by atoms with Gasteiger partial charge in [0.1, 0.15) is 21.3 Å². The monoisotopic (exact) mass is 330 g/mol. The highest BCUT2D eigenvalue weighted by molar-refractivity contribution is 7.20. The quantitative estimate of drug-likeness (QED) is 0.747. The molecule has 1 N–H and O–H groups in total. The molecule has 0 unspecified atom stereocenters. The summed E-state index contributed by atoms with van der Waals surface area (Å²) >= 11 is 1.16. The maximum absolute atomic E-state index is 12.4. The zero-order chi connectivity index (χ0) is 16.6. The Morgan fingerprint density at radius 3 is 2.52 bits per heavy atom. The van der Waals surface area contributed by atoms with Crippen molar-refractivity contribution in [3.63, 3.8) is 0 Å². The Balaban J connectivity index is 2.17. The molecule has 0 aliphatic carbocycles. The van der Waals surface area contributed by atoms with Crippen LogP contribution in [-0.2, 0) is 4.74 Å². The summed E-state index contributed by atoms with van der Waals surface area (Å²) in [6, 6.07) is 7.20. The molecule has 0 amide bonds. The van der Waals surface area contributed by atoms with E-state index >= 15 is 0 Å². The highest BCUT2D eigenvalue weighted by atomic mass is 32.1. The number of rotatable bonds is 3. The zero-order valence-electron chi connectivity index (χ0n) is 12.8. The maximum atomic E-state index is 12.4. The first-order valence-electron chi connectivity index (χ1n) is 6.81. The Morgan fingerprint density at radius 2 is 1.91 bits per heavy atom. The summed E-state index contributed by atoms with van der Waals surface area (Å²) in [5, 5.41) is 0.424. The van der Waals surface area contributed by atoms with Crippen molar-refractivity contribution in [2.24, 2.45) is 0 Å². The predicted molar refractivity (Wildman–Crippen MR) is 88.3 cm³/mol. The summed E-state index contributed by atoms with van der Waals surface area (Å²) in [6.45, 7) is 1.72. The van der Waals surface area contributed by atoms with Gasteiger partial charge in [0.2, 0.25) is 0 Å². The highest BCUT2D eigenvalue weighted by Gasteiger charge is 2.19. The van der Waals surface area contributed by atoms with E-state index in [1.165, 1.54) is 7.11 Å². The van der Waals surface area contributed by atoms with Crippen LogP contribution in [0.3, 0.4) is 0 Å². The standard InChI is InChI=1S/C16H14N2O4S/c1-8-11-14(19)17-13(9-4-6-10(21-2)7-5-9)18-15(11)23-12(8)16(20)22-3/h4-7H,1-3H3,(H,17,18,19). The van der Waals surface area contributed by atoms with Crippen LogP contribution >= 0.6 is 11.3 Å². The van der Waals surface area contributed by atoms with E-state index in [2.05, 4.69) is 9.97 Å². The fourth-order valence-electron chi connectivity index (χ4n) is 2.32. The molecule has 0 saturated heterocycles. The van der Waals surface area contributed by atoms with E-state index < -0.39 is 5.97 Å². The van der Waals surface area contributed by atoms with Crippen LogP contribution < -0.4 is 10.3 Å². The fourth-order valence-corrected chi connectivity index (χ4v) is 3.42. The summed E-state index contributed by atoms with van der Waals surface area (Å²) in [6.07, 6.45) is 0. The van der Waals surface area contributed by atoms with Crippen molar-refractivity contribution < 1.29 is 14.3 Å². The average molecular weight is 330 g/mol. The molecule has 3 aromatic rings. The van der Waals surface area contributed by atoms with Gasteiger partial charge in [-0.1, -0.05) is 0 Å². The van der Waals surface area contributed by atoms with Crippen LogP contribution in [0.4, 0.5) is 0 Å². The van der Waals surface area contributed by atoms with Gasteiger partial charge in [0.05, 0.1) is 19.6 Å². The van der Waals surface area contributed by atoms with Crippen molar-refractivity contribution in [3.8, 4) is 17.1 Å². The molecule has 3 rings (SSSR count). The van der Waals surface area contributed by atoms with Crippen LogP contribution in [0.15, 0.2) is 29.1 Å². The minimum Gasteiger partial charge on any atom is -0.497 e. The number of methoxy groups -OCH3 is 2. The summed E-state index contributed by atoms with van der Waals surface area (Å²) in [7, 11) is 2.90. The van der Waals surface area contributed by atoms with Gasteiger partial charge in [-0.15, -0.1) is 11.3 Å². The van der Waals surface area contributed by atoms with Crippen molar-refractivity contribution in [3.05, 3.63) is 45.1 Å². The molecule has 0 fully saturated rings. The van der Waals surface area contributed by atoms with E-state index in [1.54, 1.807) is 26.2 Å². The number of nitrogens with zero attached hydrogens (tertiary/aromatic N) is 1. The Morgan fingerprint density at radius 1 is 1.22 bits per heavy atom. The van der Waals surface area contributed by atoms with Crippen LogP contribution in [0.25, 0.3) is 21.6 Å². The Kier molecular flexibility index (Phi) is 3.87. The first-order valence-corrected chi connectivity index (χ1v) is 7.63. The molecule has 0 spiro atoms. The van der Waals surface area contributed by atoms with Gasteiger partial charge >= 0.3 is 5.97 Å². The van der Waals surface area contributed by atoms with Crippen molar-refractivity contribution >= 4 is 27.5 Å². The molecule has 0 aliphatic rings. The van der Waals surface area contributed by atoms with Gasteiger partial charge in [0.25, 0.3) is 5.56 Å². The zero-order valence-corrected chi connectivity index (χ0v) is 13.6. The van der Waals surface area contributed by atoms with E-state index in [9.17, 15) is 9.59 Å². The molecule has 2 aromatic heterocycles. The summed E-state index contributed by atoms with van der Waals surface area (Å²) < 4.78 is 9.86. The molecule has 0 atom stereocenters. The molecule has 1 aromatic carbocycles. The average Bonchev–Trinajstić information content (AvgIpc) is 2.91. The lowest BCUT2D eigenvalue weighted by Gasteiger charge is -2.03. The third-order valence-corrected chi connectivity index (χ3v) is 4.70. The second kappa shape index (κ2) is 5.85. The van der Waals surface area contributed by atoms with Gasteiger partial charge in [-0.3, -0.25) is 4.79 Å². The number of ether oxygens (including phenoxy) is 2. The van der Waals surface area contributed by atoms with Crippen LogP contribution in [0.2, 0.25) is 0 Å². The van der Waals surface area contributed by atoms with Gasteiger partial charge < -0.3 is 14.5 Å².